The summed E-state index contributed by atoms with van der Waals surface area (Å²) >= 11 is 0. The number of amides is 3. The van der Waals surface area contributed by atoms with Crippen molar-refractivity contribution in [3.63, 3.8) is 0 Å². The van der Waals surface area contributed by atoms with Crippen LogP contribution in [0.15, 0.2) is 49.2 Å². The quantitative estimate of drug-likeness (QED) is 0.223. The molecule has 1 aliphatic heterocycles. The van der Waals surface area contributed by atoms with Crippen molar-refractivity contribution in [2.75, 3.05) is 26.9 Å². The number of carbonyl (C=O) groups excluding carboxylic acids is 4. The second-order valence-corrected chi connectivity index (χ2v) is 15.9. The standard InChI is InChI=1S/C34H44N4O9S/c1-6-22-18-34(22,31(41)37-48(43,44)24-11-12-24)19-27(39)26-17-23(47-29-25-10-8-7-9-21(25)13-14-35-29)20-38(26)30(40)28(33(2,3)4)36-32(42)46-16-15-45-5/h6-10,13-14,22-24,26,28H,1,11-12,15-20H2,2-5H3,(H,36,42)(H,37,41)/t22-,23-,26+,28-,34-/m1/s1. The molecule has 2 aromatic rings. The van der Waals surface area contributed by atoms with Crippen LogP contribution in [0.25, 0.3) is 10.8 Å². The molecule has 48 heavy (non-hydrogen) atoms. The Morgan fingerprint density at radius 2 is 1.88 bits per heavy atom. The number of pyridine rings is 1. The third-order valence-corrected chi connectivity index (χ3v) is 11.1. The number of nitrogens with zero attached hydrogens (tertiary/aromatic N) is 2. The van der Waals surface area contributed by atoms with E-state index in [9.17, 15) is 27.6 Å². The smallest absolute Gasteiger partial charge is 0.407 e. The highest BCUT2D eigenvalue weighted by molar-refractivity contribution is 7.90. The lowest BCUT2D eigenvalue weighted by molar-refractivity contribution is -0.142. The number of hydrogen-bond donors (Lipinski definition) is 2. The summed E-state index contributed by atoms with van der Waals surface area (Å²) in [6.45, 7) is 9.30. The molecule has 1 aromatic heterocycles. The number of alkyl carbamates (subject to hydrolysis) is 1. The Balaban J connectivity index is 1.41. The van der Waals surface area contributed by atoms with Crippen LogP contribution < -0.4 is 14.8 Å². The number of ether oxygens (including phenoxy) is 3. The highest BCUT2D eigenvalue weighted by Gasteiger charge is 2.61. The Morgan fingerprint density at radius 1 is 1.15 bits per heavy atom. The number of carbonyl (C=O) groups is 4. The minimum absolute atomic E-state index is 0.00721. The fourth-order valence-electron chi connectivity index (χ4n) is 6.28. The van der Waals surface area contributed by atoms with E-state index in [1.165, 1.54) is 12.0 Å². The zero-order valence-corrected chi connectivity index (χ0v) is 28.6. The molecular weight excluding hydrogens is 640 g/mol. The lowest BCUT2D eigenvalue weighted by Gasteiger charge is -2.35. The van der Waals surface area contributed by atoms with Crippen molar-refractivity contribution in [3.05, 3.63) is 49.2 Å². The number of benzene rings is 1. The highest BCUT2D eigenvalue weighted by atomic mass is 32.2. The lowest BCUT2D eigenvalue weighted by Crippen LogP contribution is -2.57. The largest absolute Gasteiger partial charge is 0.472 e. The van der Waals surface area contributed by atoms with Gasteiger partial charge in [0.25, 0.3) is 0 Å². The van der Waals surface area contributed by atoms with Crippen LogP contribution in [-0.2, 0) is 33.9 Å². The molecule has 0 radical (unpaired) electrons. The summed E-state index contributed by atoms with van der Waals surface area (Å²) in [6, 6.07) is 7.29. The number of sulfonamides is 1. The van der Waals surface area contributed by atoms with E-state index in [-0.39, 0.29) is 39.0 Å². The van der Waals surface area contributed by atoms with Gasteiger partial charge >= 0.3 is 6.09 Å². The third-order valence-electron chi connectivity index (χ3n) is 9.29. The topological polar surface area (TPSA) is 170 Å². The molecule has 0 bridgehead atoms. The summed E-state index contributed by atoms with van der Waals surface area (Å²) in [5.74, 6) is -1.73. The van der Waals surface area contributed by atoms with E-state index < -0.39 is 73.9 Å². The molecule has 2 N–H and O–H groups in total. The number of aromatic nitrogens is 1. The number of ketones is 1. The summed E-state index contributed by atoms with van der Waals surface area (Å²) in [4.78, 5) is 60.5. The first-order valence-corrected chi connectivity index (χ1v) is 17.7. The maximum Gasteiger partial charge on any atom is 0.407 e. The van der Waals surface area contributed by atoms with Gasteiger partial charge in [0, 0.05) is 31.5 Å². The Morgan fingerprint density at radius 3 is 2.52 bits per heavy atom. The van der Waals surface area contributed by atoms with Crippen molar-refractivity contribution < 1.29 is 41.8 Å². The van der Waals surface area contributed by atoms with Gasteiger partial charge in [-0.15, -0.1) is 6.58 Å². The second kappa shape index (κ2) is 13.8. The predicted octanol–water partition coefficient (Wildman–Crippen LogP) is 3.13. The van der Waals surface area contributed by atoms with Crippen LogP contribution in [0.1, 0.15) is 52.9 Å². The van der Waals surface area contributed by atoms with Crippen molar-refractivity contribution in [2.45, 2.75) is 76.3 Å². The van der Waals surface area contributed by atoms with Crippen LogP contribution in [-0.4, -0.2) is 92.3 Å². The molecule has 13 nitrogen and oxygen atoms in total. The summed E-state index contributed by atoms with van der Waals surface area (Å²) in [5.41, 5.74) is -2.08. The zero-order chi connectivity index (χ0) is 34.9. The van der Waals surface area contributed by atoms with Gasteiger partial charge in [-0.2, -0.15) is 0 Å². The number of allylic oxidation sites excluding steroid dienone is 1. The average Bonchev–Trinajstić information content (AvgIpc) is 3.96. The van der Waals surface area contributed by atoms with Gasteiger partial charge in [0.05, 0.1) is 29.9 Å². The number of Topliss-reactive ketones (excluding diaryl/α,β-unsaturated/α-hetero) is 1. The molecule has 5 rings (SSSR count). The number of fused-ring (bicyclic) bond motifs is 1. The Hall–Kier alpha value is -4.04. The van der Waals surface area contributed by atoms with Gasteiger partial charge in [-0.25, -0.2) is 18.2 Å². The van der Waals surface area contributed by atoms with Crippen molar-refractivity contribution in [2.24, 2.45) is 16.7 Å². The predicted molar refractivity (Wildman–Crippen MR) is 176 cm³/mol. The van der Waals surface area contributed by atoms with Crippen molar-refractivity contribution >= 4 is 44.5 Å². The van der Waals surface area contributed by atoms with Crippen LogP contribution in [0.2, 0.25) is 0 Å². The molecule has 5 atom stereocenters. The number of rotatable bonds is 14. The minimum Gasteiger partial charge on any atom is -0.472 e. The molecule has 3 aliphatic rings. The molecule has 2 heterocycles. The fraction of sp³-hybridized carbons (Fsp3) is 0.559. The number of likely N-dealkylation sites (tertiary alicyclic amines) is 1. The summed E-state index contributed by atoms with van der Waals surface area (Å²) in [7, 11) is -2.38. The molecule has 1 saturated heterocycles. The lowest BCUT2D eigenvalue weighted by atomic mass is 9.85. The van der Waals surface area contributed by atoms with Gasteiger partial charge in [0.1, 0.15) is 18.8 Å². The SMILES string of the molecule is C=C[C@@H]1C[C@]1(CC(=O)[C@@H]1C[C@@H](Oc2nccc3ccccc23)CN1C(=O)[C@@H](NC(=O)OCCOC)C(C)(C)C)C(=O)NS(=O)(=O)C1CC1. The molecule has 3 fully saturated rings. The normalized spacial score (nSPS) is 24.4. The van der Waals surface area contributed by atoms with Crippen LogP contribution >= 0.6 is 0 Å². The molecule has 0 unspecified atom stereocenters. The van der Waals surface area contributed by atoms with Crippen LogP contribution in [0, 0.1) is 16.7 Å². The van der Waals surface area contributed by atoms with Gasteiger partial charge < -0.3 is 24.4 Å². The first-order chi connectivity index (χ1) is 22.7. The highest BCUT2D eigenvalue weighted by Crippen LogP contribution is 2.57. The van der Waals surface area contributed by atoms with E-state index in [0.29, 0.717) is 18.7 Å². The zero-order valence-electron chi connectivity index (χ0n) is 27.8. The first-order valence-electron chi connectivity index (χ1n) is 16.1. The first kappa shape index (κ1) is 35.3. The van der Waals surface area contributed by atoms with Crippen molar-refractivity contribution in [1.82, 2.24) is 19.9 Å². The molecule has 2 saturated carbocycles. The van der Waals surface area contributed by atoms with Gasteiger partial charge in [-0.3, -0.25) is 19.1 Å². The van der Waals surface area contributed by atoms with E-state index in [4.69, 9.17) is 14.2 Å². The Bertz CT molecular complexity index is 1680. The Labute approximate surface area is 280 Å². The molecule has 260 valence electrons. The van der Waals surface area contributed by atoms with E-state index in [1.807, 2.05) is 30.3 Å². The van der Waals surface area contributed by atoms with Gasteiger partial charge in [0.15, 0.2) is 5.78 Å². The monoisotopic (exact) mass is 684 g/mol. The molecular formula is C34H44N4O9S. The summed E-state index contributed by atoms with van der Waals surface area (Å²) in [6.07, 6.45) is 2.74. The van der Waals surface area contributed by atoms with Crippen LogP contribution in [0.4, 0.5) is 4.79 Å². The average molecular weight is 685 g/mol. The van der Waals surface area contributed by atoms with E-state index in [2.05, 4.69) is 21.6 Å². The molecule has 1 aromatic carbocycles. The van der Waals surface area contributed by atoms with Crippen LogP contribution in [0.5, 0.6) is 5.88 Å². The van der Waals surface area contributed by atoms with Crippen LogP contribution in [0.3, 0.4) is 0 Å². The third kappa shape index (κ3) is 7.64. The van der Waals surface area contributed by atoms with E-state index in [0.717, 1.165) is 10.8 Å². The van der Waals surface area contributed by atoms with Crippen molar-refractivity contribution in [3.8, 4) is 5.88 Å². The Kier molecular flexibility index (Phi) is 10.2. The molecule has 14 heteroatoms. The maximum absolute atomic E-state index is 14.3. The van der Waals surface area contributed by atoms with Gasteiger partial charge in [0.2, 0.25) is 27.7 Å². The number of nitrogens with one attached hydrogen (secondary N) is 2. The fourth-order valence-corrected chi connectivity index (χ4v) is 7.66. The summed E-state index contributed by atoms with van der Waals surface area (Å²) in [5, 5.41) is 3.72. The molecule has 3 amide bonds. The molecule has 2 aliphatic carbocycles. The number of hydrogen-bond acceptors (Lipinski definition) is 10. The second-order valence-electron chi connectivity index (χ2n) is 13.9. The molecule has 0 spiro atoms. The summed E-state index contributed by atoms with van der Waals surface area (Å²) < 4.78 is 43.9. The number of methoxy groups -OCH3 is 1. The van der Waals surface area contributed by atoms with Crippen molar-refractivity contribution in [1.29, 1.82) is 0 Å². The van der Waals surface area contributed by atoms with Gasteiger partial charge in [-0.1, -0.05) is 45.0 Å². The van der Waals surface area contributed by atoms with Gasteiger partial charge in [-0.05, 0) is 48.1 Å². The van der Waals surface area contributed by atoms with E-state index >= 15 is 0 Å². The van der Waals surface area contributed by atoms with E-state index in [1.54, 1.807) is 33.0 Å². The minimum atomic E-state index is -3.85. The maximum atomic E-state index is 14.3.